The fraction of sp³-hybridized carbons (Fsp3) is 0.875. The SMILES string of the molecule is N[C@H](O)CCCN1CCCC1=O. The number of carbonyl (C=O) groups is 1. The van der Waals surface area contributed by atoms with Crippen LogP contribution in [0.3, 0.4) is 0 Å². The van der Waals surface area contributed by atoms with Gasteiger partial charge in [0.15, 0.2) is 0 Å². The molecule has 0 spiro atoms. The van der Waals surface area contributed by atoms with Crippen LogP contribution in [0.25, 0.3) is 0 Å². The molecule has 70 valence electrons. The van der Waals surface area contributed by atoms with Gasteiger partial charge >= 0.3 is 0 Å². The number of amides is 1. The Morgan fingerprint density at radius 3 is 2.92 bits per heavy atom. The number of aliphatic hydroxyl groups is 1. The predicted molar refractivity (Wildman–Crippen MR) is 45.2 cm³/mol. The Morgan fingerprint density at radius 1 is 1.67 bits per heavy atom. The highest BCUT2D eigenvalue weighted by molar-refractivity contribution is 5.77. The average molecular weight is 172 g/mol. The van der Waals surface area contributed by atoms with Crippen LogP contribution in [0.5, 0.6) is 0 Å². The van der Waals surface area contributed by atoms with Crippen molar-refractivity contribution in [2.24, 2.45) is 5.73 Å². The molecule has 3 N–H and O–H groups in total. The molecule has 0 unspecified atom stereocenters. The summed E-state index contributed by atoms with van der Waals surface area (Å²) in [6, 6.07) is 0. The summed E-state index contributed by atoms with van der Waals surface area (Å²) >= 11 is 0. The van der Waals surface area contributed by atoms with Crippen LogP contribution in [-0.2, 0) is 4.79 Å². The molecule has 0 saturated carbocycles. The van der Waals surface area contributed by atoms with Crippen molar-refractivity contribution in [1.29, 1.82) is 0 Å². The van der Waals surface area contributed by atoms with Crippen molar-refractivity contribution in [2.45, 2.75) is 31.9 Å². The molecule has 12 heavy (non-hydrogen) atoms. The summed E-state index contributed by atoms with van der Waals surface area (Å²) < 4.78 is 0. The van der Waals surface area contributed by atoms with E-state index in [0.29, 0.717) is 12.8 Å². The van der Waals surface area contributed by atoms with Gasteiger partial charge in [0.25, 0.3) is 0 Å². The van der Waals surface area contributed by atoms with Crippen molar-refractivity contribution < 1.29 is 9.90 Å². The number of carbonyl (C=O) groups excluding carboxylic acids is 1. The standard InChI is InChI=1S/C8H16N2O2/c9-7(11)3-1-5-10-6-2-4-8(10)12/h7,11H,1-6,9H2/t7-/m1/s1. The van der Waals surface area contributed by atoms with E-state index < -0.39 is 6.23 Å². The zero-order valence-electron chi connectivity index (χ0n) is 7.20. The van der Waals surface area contributed by atoms with Gasteiger partial charge in [-0.3, -0.25) is 4.79 Å². The topological polar surface area (TPSA) is 66.6 Å². The van der Waals surface area contributed by atoms with E-state index in [4.69, 9.17) is 10.8 Å². The monoisotopic (exact) mass is 172 g/mol. The van der Waals surface area contributed by atoms with Gasteiger partial charge in [-0.2, -0.15) is 0 Å². The van der Waals surface area contributed by atoms with Crippen molar-refractivity contribution in [2.75, 3.05) is 13.1 Å². The molecule has 1 rings (SSSR count). The Labute approximate surface area is 72.3 Å². The highest BCUT2D eigenvalue weighted by Gasteiger charge is 2.18. The smallest absolute Gasteiger partial charge is 0.222 e. The molecule has 0 radical (unpaired) electrons. The van der Waals surface area contributed by atoms with E-state index in [1.54, 1.807) is 0 Å². The van der Waals surface area contributed by atoms with E-state index in [-0.39, 0.29) is 5.91 Å². The minimum absolute atomic E-state index is 0.238. The minimum Gasteiger partial charge on any atom is -0.379 e. The fourth-order valence-corrected chi connectivity index (χ4v) is 1.43. The number of hydrogen-bond donors (Lipinski definition) is 2. The lowest BCUT2D eigenvalue weighted by atomic mass is 10.3. The van der Waals surface area contributed by atoms with Crippen LogP contribution in [0, 0.1) is 0 Å². The maximum atomic E-state index is 11.1. The van der Waals surface area contributed by atoms with Gasteiger partial charge in [-0.1, -0.05) is 0 Å². The van der Waals surface area contributed by atoms with Gasteiger partial charge in [-0.15, -0.1) is 0 Å². The van der Waals surface area contributed by atoms with E-state index in [0.717, 1.165) is 25.9 Å². The first-order chi connectivity index (χ1) is 5.70. The predicted octanol–water partition coefficient (Wildman–Crippen LogP) is -0.334. The lowest BCUT2D eigenvalue weighted by molar-refractivity contribution is -0.127. The Morgan fingerprint density at radius 2 is 2.42 bits per heavy atom. The Balaban J connectivity index is 2.10. The van der Waals surface area contributed by atoms with Crippen LogP contribution in [0.1, 0.15) is 25.7 Å². The molecule has 4 nitrogen and oxygen atoms in total. The maximum absolute atomic E-state index is 11.1. The van der Waals surface area contributed by atoms with Gasteiger partial charge in [0.1, 0.15) is 6.23 Å². The molecule has 1 saturated heterocycles. The highest BCUT2D eigenvalue weighted by atomic mass is 16.3. The zero-order chi connectivity index (χ0) is 8.97. The molecule has 1 aliphatic rings. The Hall–Kier alpha value is -0.610. The maximum Gasteiger partial charge on any atom is 0.222 e. The normalized spacial score (nSPS) is 20.2. The summed E-state index contributed by atoms with van der Waals surface area (Å²) in [5.74, 6) is 0.238. The fourth-order valence-electron chi connectivity index (χ4n) is 1.43. The van der Waals surface area contributed by atoms with Crippen molar-refractivity contribution in [3.63, 3.8) is 0 Å². The highest BCUT2D eigenvalue weighted by Crippen LogP contribution is 2.10. The zero-order valence-corrected chi connectivity index (χ0v) is 7.20. The van der Waals surface area contributed by atoms with E-state index >= 15 is 0 Å². The van der Waals surface area contributed by atoms with E-state index in [1.165, 1.54) is 0 Å². The van der Waals surface area contributed by atoms with Gasteiger partial charge in [0.05, 0.1) is 0 Å². The van der Waals surface area contributed by atoms with E-state index in [9.17, 15) is 4.79 Å². The second kappa shape index (κ2) is 4.42. The molecular formula is C8H16N2O2. The van der Waals surface area contributed by atoms with Crippen molar-refractivity contribution in [3.05, 3.63) is 0 Å². The van der Waals surface area contributed by atoms with Crippen LogP contribution >= 0.6 is 0 Å². The molecule has 0 aromatic rings. The summed E-state index contributed by atoms with van der Waals surface area (Å²) in [5, 5.41) is 8.77. The van der Waals surface area contributed by atoms with Crippen molar-refractivity contribution in [3.8, 4) is 0 Å². The molecule has 1 atom stereocenters. The van der Waals surface area contributed by atoms with Crippen LogP contribution in [0.4, 0.5) is 0 Å². The largest absolute Gasteiger partial charge is 0.379 e. The van der Waals surface area contributed by atoms with Gasteiger partial charge in [0.2, 0.25) is 5.91 Å². The van der Waals surface area contributed by atoms with Gasteiger partial charge in [0, 0.05) is 19.5 Å². The van der Waals surface area contributed by atoms with Crippen LogP contribution in [0.2, 0.25) is 0 Å². The third-order valence-electron chi connectivity index (χ3n) is 2.10. The first kappa shape index (κ1) is 9.48. The lowest BCUT2D eigenvalue weighted by Crippen LogP contribution is -2.27. The van der Waals surface area contributed by atoms with E-state index in [2.05, 4.69) is 0 Å². The number of aliphatic hydroxyl groups excluding tert-OH is 1. The average Bonchev–Trinajstić information content (AvgIpc) is 2.36. The third-order valence-corrected chi connectivity index (χ3v) is 2.10. The second-order valence-corrected chi connectivity index (χ2v) is 3.19. The van der Waals surface area contributed by atoms with Crippen LogP contribution in [0.15, 0.2) is 0 Å². The summed E-state index contributed by atoms with van der Waals surface area (Å²) in [7, 11) is 0. The number of rotatable bonds is 4. The number of nitrogens with zero attached hydrogens (tertiary/aromatic N) is 1. The first-order valence-electron chi connectivity index (χ1n) is 4.41. The van der Waals surface area contributed by atoms with Crippen molar-refractivity contribution in [1.82, 2.24) is 4.90 Å². The second-order valence-electron chi connectivity index (χ2n) is 3.19. The van der Waals surface area contributed by atoms with Crippen molar-refractivity contribution >= 4 is 5.91 Å². The van der Waals surface area contributed by atoms with Gasteiger partial charge < -0.3 is 15.7 Å². The number of hydrogen-bond acceptors (Lipinski definition) is 3. The summed E-state index contributed by atoms with van der Waals surface area (Å²) in [6.45, 7) is 1.62. The molecule has 0 aromatic carbocycles. The first-order valence-corrected chi connectivity index (χ1v) is 4.41. The summed E-state index contributed by atoms with van der Waals surface area (Å²) in [6.07, 6.45) is 2.30. The number of likely N-dealkylation sites (tertiary alicyclic amines) is 1. The Kier molecular flexibility index (Phi) is 3.49. The molecule has 1 heterocycles. The van der Waals surface area contributed by atoms with Crippen LogP contribution in [-0.4, -0.2) is 35.2 Å². The molecular weight excluding hydrogens is 156 g/mol. The molecule has 1 fully saturated rings. The van der Waals surface area contributed by atoms with E-state index in [1.807, 2.05) is 4.90 Å². The van der Waals surface area contributed by atoms with Crippen LogP contribution < -0.4 is 5.73 Å². The summed E-state index contributed by atoms with van der Waals surface area (Å²) in [4.78, 5) is 12.9. The quantitative estimate of drug-likeness (QED) is 0.570. The molecule has 1 amide bonds. The summed E-state index contributed by atoms with van der Waals surface area (Å²) in [5.41, 5.74) is 5.16. The lowest BCUT2D eigenvalue weighted by Gasteiger charge is -2.15. The minimum atomic E-state index is -0.734. The van der Waals surface area contributed by atoms with Gasteiger partial charge in [-0.05, 0) is 19.3 Å². The Bertz CT molecular complexity index is 159. The molecule has 1 aliphatic heterocycles. The number of nitrogens with two attached hydrogens (primary N) is 1. The molecule has 4 heteroatoms. The third kappa shape index (κ3) is 2.79. The molecule has 0 aliphatic carbocycles. The van der Waals surface area contributed by atoms with Gasteiger partial charge in [-0.25, -0.2) is 0 Å². The molecule has 0 bridgehead atoms. The molecule has 0 aromatic heterocycles.